The smallest absolute Gasteiger partial charge is 0.243 e. The molecule has 9 nitrogen and oxygen atoms in total. The SMILES string of the molecule is COc1ccc(S(=O)(=O)N2Cc3[nH]c4ccccc4c3C(CC(=O)NCCN3CCOCC3)C2)cc1. The summed E-state index contributed by atoms with van der Waals surface area (Å²) in [4.78, 5) is 18.8. The highest BCUT2D eigenvalue weighted by Crippen LogP contribution is 2.38. The van der Waals surface area contributed by atoms with Crippen LogP contribution in [0.25, 0.3) is 10.9 Å². The van der Waals surface area contributed by atoms with Gasteiger partial charge in [-0.1, -0.05) is 18.2 Å². The van der Waals surface area contributed by atoms with E-state index >= 15 is 0 Å². The molecule has 3 heterocycles. The number of nitrogens with one attached hydrogen (secondary N) is 2. The molecule has 1 atom stereocenters. The third kappa shape index (κ3) is 5.12. The number of morpholine rings is 1. The summed E-state index contributed by atoms with van der Waals surface area (Å²) in [5.41, 5.74) is 2.82. The molecule has 0 bridgehead atoms. The van der Waals surface area contributed by atoms with Crippen molar-refractivity contribution >= 4 is 26.8 Å². The van der Waals surface area contributed by atoms with E-state index in [1.54, 1.807) is 31.4 Å². The lowest BCUT2D eigenvalue weighted by molar-refractivity contribution is -0.121. The molecule has 2 aromatic carbocycles. The largest absolute Gasteiger partial charge is 0.497 e. The quantitative estimate of drug-likeness (QED) is 0.480. The second-order valence-electron chi connectivity index (χ2n) is 9.24. The molecule has 3 aromatic rings. The number of carbonyl (C=O) groups excluding carboxylic acids is 1. The van der Waals surface area contributed by atoms with E-state index in [1.807, 2.05) is 24.3 Å². The van der Waals surface area contributed by atoms with Crippen molar-refractivity contribution in [3.8, 4) is 5.75 Å². The highest BCUT2D eigenvalue weighted by molar-refractivity contribution is 7.89. The van der Waals surface area contributed by atoms with E-state index in [4.69, 9.17) is 9.47 Å². The number of fused-ring (bicyclic) bond motifs is 3. The highest BCUT2D eigenvalue weighted by Gasteiger charge is 2.36. The van der Waals surface area contributed by atoms with Crippen LogP contribution in [0, 0.1) is 0 Å². The molecule has 10 heteroatoms. The molecule has 0 radical (unpaired) electrons. The summed E-state index contributed by atoms with van der Waals surface area (Å²) < 4.78 is 39.1. The minimum atomic E-state index is -3.76. The summed E-state index contributed by atoms with van der Waals surface area (Å²) in [6, 6.07) is 14.3. The van der Waals surface area contributed by atoms with Crippen LogP contribution in [0.3, 0.4) is 0 Å². The number of amides is 1. The van der Waals surface area contributed by atoms with Gasteiger partial charge in [-0.3, -0.25) is 9.69 Å². The van der Waals surface area contributed by atoms with Gasteiger partial charge in [-0.15, -0.1) is 0 Å². The maximum absolute atomic E-state index is 13.5. The van der Waals surface area contributed by atoms with Crippen LogP contribution in [-0.2, 0) is 26.1 Å². The molecule has 0 saturated carbocycles. The van der Waals surface area contributed by atoms with E-state index < -0.39 is 10.0 Å². The van der Waals surface area contributed by atoms with E-state index in [1.165, 1.54) is 4.31 Å². The van der Waals surface area contributed by atoms with E-state index in [0.29, 0.717) is 12.3 Å². The number of H-pyrrole nitrogens is 1. The van der Waals surface area contributed by atoms with Gasteiger partial charge in [0.05, 0.1) is 31.8 Å². The van der Waals surface area contributed by atoms with Gasteiger partial charge in [0, 0.05) is 61.7 Å². The second kappa shape index (κ2) is 10.6. The number of benzene rings is 2. The number of methoxy groups -OCH3 is 1. The lowest BCUT2D eigenvalue weighted by atomic mass is 9.90. The first-order valence-electron chi connectivity index (χ1n) is 12.3. The molecule has 1 fully saturated rings. The summed E-state index contributed by atoms with van der Waals surface area (Å²) >= 11 is 0. The Balaban J connectivity index is 1.36. The molecular weight excluding hydrogens is 480 g/mol. The standard InChI is InChI=1S/C26H32N4O5S/c1-34-20-6-8-21(9-7-20)36(32,33)30-17-19(16-25(31)27-10-11-29-12-14-35-15-13-29)26-22-4-2-3-5-23(22)28-24(26)18-30/h2-9,19,28H,10-18H2,1H3,(H,27,31). The third-order valence-electron chi connectivity index (χ3n) is 6.98. The number of rotatable bonds is 8. The Labute approximate surface area is 211 Å². The average molecular weight is 513 g/mol. The molecule has 2 aliphatic rings. The van der Waals surface area contributed by atoms with E-state index in [-0.39, 0.29) is 36.2 Å². The maximum Gasteiger partial charge on any atom is 0.243 e. The van der Waals surface area contributed by atoms with Crippen molar-refractivity contribution in [1.82, 2.24) is 19.5 Å². The fourth-order valence-electron chi connectivity index (χ4n) is 5.11. The zero-order valence-corrected chi connectivity index (χ0v) is 21.2. The Hall–Kier alpha value is -2.92. The number of sulfonamides is 1. The van der Waals surface area contributed by atoms with E-state index in [0.717, 1.165) is 55.0 Å². The summed E-state index contributed by atoms with van der Waals surface area (Å²) in [6.45, 7) is 4.98. The number of nitrogens with zero attached hydrogens (tertiary/aromatic N) is 2. The molecule has 5 rings (SSSR count). The lowest BCUT2D eigenvalue weighted by Crippen LogP contribution is -2.42. The first-order valence-corrected chi connectivity index (χ1v) is 13.7. The number of carbonyl (C=O) groups is 1. The van der Waals surface area contributed by atoms with Gasteiger partial charge in [0.25, 0.3) is 0 Å². The molecular formula is C26H32N4O5S. The van der Waals surface area contributed by atoms with Crippen molar-refractivity contribution in [3.05, 3.63) is 59.8 Å². The van der Waals surface area contributed by atoms with Crippen LogP contribution in [0.5, 0.6) is 5.75 Å². The fourth-order valence-corrected chi connectivity index (χ4v) is 6.56. The summed E-state index contributed by atoms with van der Waals surface area (Å²) in [7, 11) is -2.22. The van der Waals surface area contributed by atoms with Crippen LogP contribution in [-0.4, -0.2) is 81.6 Å². The van der Waals surface area contributed by atoms with Crippen LogP contribution in [0.1, 0.15) is 23.6 Å². The monoisotopic (exact) mass is 512 g/mol. The minimum absolute atomic E-state index is 0.0758. The first-order chi connectivity index (χ1) is 17.5. The Kier molecular flexibility index (Phi) is 7.29. The van der Waals surface area contributed by atoms with Crippen LogP contribution >= 0.6 is 0 Å². The van der Waals surface area contributed by atoms with Gasteiger partial charge in [0.2, 0.25) is 15.9 Å². The number of hydrogen-bond donors (Lipinski definition) is 2. The van der Waals surface area contributed by atoms with E-state index in [2.05, 4.69) is 15.2 Å². The van der Waals surface area contributed by atoms with Crippen molar-refractivity contribution in [1.29, 1.82) is 0 Å². The van der Waals surface area contributed by atoms with Gasteiger partial charge in [0.15, 0.2) is 0 Å². The Morgan fingerprint density at radius 1 is 1.14 bits per heavy atom. The van der Waals surface area contributed by atoms with Gasteiger partial charge in [-0.2, -0.15) is 4.31 Å². The highest BCUT2D eigenvalue weighted by atomic mass is 32.2. The van der Waals surface area contributed by atoms with Crippen LogP contribution in [0.4, 0.5) is 0 Å². The Morgan fingerprint density at radius 3 is 2.64 bits per heavy atom. The fraction of sp³-hybridized carbons (Fsp3) is 0.423. The molecule has 2 N–H and O–H groups in total. The topological polar surface area (TPSA) is 104 Å². The van der Waals surface area contributed by atoms with Gasteiger partial charge >= 0.3 is 0 Å². The summed E-state index contributed by atoms with van der Waals surface area (Å²) in [6.07, 6.45) is 0.215. The summed E-state index contributed by atoms with van der Waals surface area (Å²) in [5, 5.41) is 4.07. The predicted molar refractivity (Wildman–Crippen MR) is 137 cm³/mol. The molecule has 1 saturated heterocycles. The molecule has 0 spiro atoms. The molecule has 192 valence electrons. The zero-order valence-electron chi connectivity index (χ0n) is 20.4. The molecule has 36 heavy (non-hydrogen) atoms. The van der Waals surface area contributed by atoms with Crippen molar-refractivity contribution in [2.45, 2.75) is 23.8 Å². The molecule has 0 aliphatic carbocycles. The average Bonchev–Trinajstić information content (AvgIpc) is 3.28. The van der Waals surface area contributed by atoms with Gasteiger partial charge < -0.3 is 19.8 Å². The van der Waals surface area contributed by atoms with E-state index in [9.17, 15) is 13.2 Å². The van der Waals surface area contributed by atoms with Crippen molar-refractivity contribution < 1.29 is 22.7 Å². The number of hydrogen-bond acceptors (Lipinski definition) is 6. The number of aromatic nitrogens is 1. The number of para-hydroxylation sites is 1. The van der Waals surface area contributed by atoms with Gasteiger partial charge in [-0.05, 0) is 35.9 Å². The van der Waals surface area contributed by atoms with Gasteiger partial charge in [0.1, 0.15) is 5.75 Å². The normalized spacial score (nSPS) is 19.2. The van der Waals surface area contributed by atoms with Crippen molar-refractivity contribution in [2.24, 2.45) is 0 Å². The third-order valence-corrected chi connectivity index (χ3v) is 8.80. The van der Waals surface area contributed by atoms with Crippen LogP contribution < -0.4 is 10.1 Å². The maximum atomic E-state index is 13.5. The Bertz CT molecular complexity index is 1320. The molecule has 1 amide bonds. The lowest BCUT2D eigenvalue weighted by Gasteiger charge is -2.32. The van der Waals surface area contributed by atoms with Crippen LogP contribution in [0.15, 0.2) is 53.4 Å². The predicted octanol–water partition coefficient (Wildman–Crippen LogP) is 2.30. The van der Waals surface area contributed by atoms with Gasteiger partial charge in [-0.25, -0.2) is 8.42 Å². The number of aromatic amines is 1. The minimum Gasteiger partial charge on any atom is -0.497 e. The first kappa shape index (κ1) is 24.8. The molecule has 1 unspecified atom stereocenters. The molecule has 2 aliphatic heterocycles. The zero-order chi connectivity index (χ0) is 25.1. The summed E-state index contributed by atoms with van der Waals surface area (Å²) in [5.74, 6) is 0.256. The van der Waals surface area contributed by atoms with Crippen LogP contribution in [0.2, 0.25) is 0 Å². The molecule has 1 aromatic heterocycles. The Morgan fingerprint density at radius 2 is 1.89 bits per heavy atom. The second-order valence-corrected chi connectivity index (χ2v) is 11.2. The number of ether oxygens (including phenoxy) is 2. The van der Waals surface area contributed by atoms with Crippen molar-refractivity contribution in [3.63, 3.8) is 0 Å². The van der Waals surface area contributed by atoms with Crippen molar-refractivity contribution in [2.75, 3.05) is 53.0 Å².